The van der Waals surface area contributed by atoms with Gasteiger partial charge in [-0.05, 0) is 38.1 Å². The number of likely N-dealkylation sites (tertiary alicyclic amines) is 1. The number of nitrogens with one attached hydrogen (secondary N) is 1. The molecule has 1 N–H and O–H groups in total. The van der Waals surface area contributed by atoms with Crippen molar-refractivity contribution in [3.05, 3.63) is 0 Å². The Morgan fingerprint density at radius 1 is 1.41 bits per heavy atom. The first-order valence-electron chi connectivity index (χ1n) is 7.25. The molecule has 3 atom stereocenters. The Morgan fingerprint density at radius 2 is 2.24 bits per heavy atom. The molecule has 2 rings (SSSR count). The molecule has 0 aromatic carbocycles. The van der Waals surface area contributed by atoms with Crippen LogP contribution in [0.2, 0.25) is 0 Å². The standard InChI is InChI=1S/C14H26N2O/c1-3-5-13-11(2)6-4-9-16(13)14(17)12-7-8-15-10-12/h11-13,15H,3-10H2,1-2H3/t11-,12-,13-/m1/s1. The molecule has 2 aliphatic heterocycles. The summed E-state index contributed by atoms with van der Waals surface area (Å²) in [6.07, 6.45) is 5.86. The Kier molecular flexibility index (Phi) is 4.43. The number of hydrogen-bond acceptors (Lipinski definition) is 2. The van der Waals surface area contributed by atoms with E-state index in [1.807, 2.05) is 0 Å². The molecule has 2 heterocycles. The molecule has 3 nitrogen and oxygen atoms in total. The van der Waals surface area contributed by atoms with Gasteiger partial charge in [0, 0.05) is 19.1 Å². The van der Waals surface area contributed by atoms with Gasteiger partial charge in [-0.25, -0.2) is 0 Å². The fourth-order valence-corrected chi connectivity index (χ4v) is 3.36. The summed E-state index contributed by atoms with van der Waals surface area (Å²) in [5, 5.41) is 3.30. The lowest BCUT2D eigenvalue weighted by Gasteiger charge is -2.41. The van der Waals surface area contributed by atoms with Crippen LogP contribution in [0.25, 0.3) is 0 Å². The molecule has 0 bridgehead atoms. The molecular formula is C14H26N2O. The quantitative estimate of drug-likeness (QED) is 0.816. The van der Waals surface area contributed by atoms with Crippen LogP contribution in [-0.2, 0) is 4.79 Å². The van der Waals surface area contributed by atoms with E-state index in [4.69, 9.17) is 0 Å². The van der Waals surface area contributed by atoms with E-state index in [2.05, 4.69) is 24.1 Å². The summed E-state index contributed by atoms with van der Waals surface area (Å²) in [4.78, 5) is 14.7. The first-order valence-corrected chi connectivity index (χ1v) is 7.25. The van der Waals surface area contributed by atoms with E-state index in [0.29, 0.717) is 17.9 Å². The van der Waals surface area contributed by atoms with Gasteiger partial charge in [-0.15, -0.1) is 0 Å². The first-order chi connectivity index (χ1) is 8.24. The fraction of sp³-hybridized carbons (Fsp3) is 0.929. The van der Waals surface area contributed by atoms with Crippen LogP contribution in [0.4, 0.5) is 0 Å². The van der Waals surface area contributed by atoms with Gasteiger partial charge >= 0.3 is 0 Å². The summed E-state index contributed by atoms with van der Waals surface area (Å²) in [6, 6.07) is 0.502. The number of hydrogen-bond donors (Lipinski definition) is 1. The zero-order valence-corrected chi connectivity index (χ0v) is 11.2. The molecule has 0 unspecified atom stereocenters. The second-order valence-corrected chi connectivity index (χ2v) is 5.70. The Hall–Kier alpha value is -0.570. The zero-order chi connectivity index (χ0) is 12.3. The van der Waals surface area contributed by atoms with Gasteiger partial charge < -0.3 is 10.2 Å². The van der Waals surface area contributed by atoms with Crippen molar-refractivity contribution in [2.45, 2.75) is 52.0 Å². The smallest absolute Gasteiger partial charge is 0.227 e. The lowest BCUT2D eigenvalue weighted by atomic mass is 9.87. The van der Waals surface area contributed by atoms with Crippen molar-refractivity contribution in [2.75, 3.05) is 19.6 Å². The Balaban J connectivity index is 2.02. The average Bonchev–Trinajstić information content (AvgIpc) is 2.85. The third kappa shape index (κ3) is 2.82. The summed E-state index contributed by atoms with van der Waals surface area (Å²) >= 11 is 0. The largest absolute Gasteiger partial charge is 0.339 e. The second-order valence-electron chi connectivity index (χ2n) is 5.70. The van der Waals surface area contributed by atoms with Crippen molar-refractivity contribution in [3.8, 4) is 0 Å². The Morgan fingerprint density at radius 3 is 2.88 bits per heavy atom. The van der Waals surface area contributed by atoms with Crippen LogP contribution in [0.15, 0.2) is 0 Å². The summed E-state index contributed by atoms with van der Waals surface area (Å²) in [5.74, 6) is 1.35. The van der Waals surface area contributed by atoms with Crippen molar-refractivity contribution >= 4 is 5.91 Å². The van der Waals surface area contributed by atoms with E-state index in [1.54, 1.807) is 0 Å². The van der Waals surface area contributed by atoms with E-state index in [1.165, 1.54) is 25.7 Å². The predicted octanol–water partition coefficient (Wildman–Crippen LogP) is 2.02. The summed E-state index contributed by atoms with van der Waals surface area (Å²) in [6.45, 7) is 7.43. The minimum Gasteiger partial charge on any atom is -0.339 e. The molecule has 98 valence electrons. The molecule has 0 aromatic rings. The van der Waals surface area contributed by atoms with Crippen molar-refractivity contribution in [1.82, 2.24) is 10.2 Å². The molecule has 0 aromatic heterocycles. The highest BCUT2D eigenvalue weighted by Gasteiger charge is 2.35. The van der Waals surface area contributed by atoms with Gasteiger partial charge in [-0.1, -0.05) is 20.3 Å². The number of carbonyl (C=O) groups excluding carboxylic acids is 1. The maximum Gasteiger partial charge on any atom is 0.227 e. The Bertz CT molecular complexity index is 261. The van der Waals surface area contributed by atoms with Gasteiger partial charge in [-0.2, -0.15) is 0 Å². The zero-order valence-electron chi connectivity index (χ0n) is 11.2. The number of nitrogens with zero attached hydrogens (tertiary/aromatic N) is 1. The van der Waals surface area contributed by atoms with Crippen LogP contribution in [0.1, 0.15) is 46.0 Å². The maximum absolute atomic E-state index is 12.5. The molecule has 3 heteroatoms. The van der Waals surface area contributed by atoms with Crippen molar-refractivity contribution in [3.63, 3.8) is 0 Å². The van der Waals surface area contributed by atoms with E-state index in [0.717, 1.165) is 26.1 Å². The van der Waals surface area contributed by atoms with Crippen LogP contribution < -0.4 is 5.32 Å². The van der Waals surface area contributed by atoms with Crippen LogP contribution in [0, 0.1) is 11.8 Å². The minimum atomic E-state index is 0.250. The van der Waals surface area contributed by atoms with Gasteiger partial charge in [0.1, 0.15) is 0 Å². The lowest BCUT2D eigenvalue weighted by Crippen LogP contribution is -2.50. The topological polar surface area (TPSA) is 32.3 Å². The molecular weight excluding hydrogens is 212 g/mol. The highest BCUT2D eigenvalue weighted by molar-refractivity contribution is 5.79. The molecule has 0 spiro atoms. The SMILES string of the molecule is CCC[C@@H]1[C@H](C)CCCN1C(=O)[C@@H]1CCNC1. The minimum absolute atomic E-state index is 0.250. The predicted molar refractivity (Wildman–Crippen MR) is 69.8 cm³/mol. The fourth-order valence-electron chi connectivity index (χ4n) is 3.36. The molecule has 2 fully saturated rings. The van der Waals surface area contributed by atoms with E-state index >= 15 is 0 Å². The van der Waals surface area contributed by atoms with Gasteiger partial charge in [0.05, 0.1) is 5.92 Å². The van der Waals surface area contributed by atoms with E-state index in [-0.39, 0.29) is 5.92 Å². The van der Waals surface area contributed by atoms with Crippen molar-refractivity contribution < 1.29 is 4.79 Å². The average molecular weight is 238 g/mol. The lowest BCUT2D eigenvalue weighted by molar-refractivity contribution is -0.140. The normalized spacial score (nSPS) is 34.0. The van der Waals surface area contributed by atoms with Gasteiger partial charge in [0.25, 0.3) is 0 Å². The van der Waals surface area contributed by atoms with Crippen LogP contribution >= 0.6 is 0 Å². The third-order valence-electron chi connectivity index (χ3n) is 4.39. The van der Waals surface area contributed by atoms with E-state index in [9.17, 15) is 4.79 Å². The molecule has 2 saturated heterocycles. The number of carbonyl (C=O) groups is 1. The maximum atomic E-state index is 12.5. The van der Waals surface area contributed by atoms with Crippen LogP contribution in [0.5, 0.6) is 0 Å². The summed E-state index contributed by atoms with van der Waals surface area (Å²) in [7, 11) is 0. The number of amides is 1. The van der Waals surface area contributed by atoms with Gasteiger partial charge in [0.15, 0.2) is 0 Å². The molecule has 0 radical (unpaired) electrons. The second kappa shape index (κ2) is 5.85. The van der Waals surface area contributed by atoms with Crippen molar-refractivity contribution in [1.29, 1.82) is 0 Å². The first kappa shape index (κ1) is 12.9. The summed E-state index contributed by atoms with van der Waals surface area (Å²) in [5.41, 5.74) is 0. The van der Waals surface area contributed by atoms with Gasteiger partial charge in [0.2, 0.25) is 5.91 Å². The molecule has 0 aliphatic carbocycles. The third-order valence-corrected chi connectivity index (χ3v) is 4.39. The highest BCUT2D eigenvalue weighted by Crippen LogP contribution is 2.28. The van der Waals surface area contributed by atoms with Crippen LogP contribution in [-0.4, -0.2) is 36.5 Å². The Labute approximate surface area is 105 Å². The van der Waals surface area contributed by atoms with Crippen molar-refractivity contribution in [2.24, 2.45) is 11.8 Å². The molecule has 17 heavy (non-hydrogen) atoms. The molecule has 2 aliphatic rings. The van der Waals surface area contributed by atoms with E-state index < -0.39 is 0 Å². The molecule has 1 amide bonds. The molecule has 0 saturated carbocycles. The summed E-state index contributed by atoms with van der Waals surface area (Å²) < 4.78 is 0. The number of piperidine rings is 1. The van der Waals surface area contributed by atoms with Gasteiger partial charge in [-0.3, -0.25) is 4.79 Å². The highest BCUT2D eigenvalue weighted by atomic mass is 16.2. The van der Waals surface area contributed by atoms with Crippen LogP contribution in [0.3, 0.4) is 0 Å². The monoisotopic (exact) mass is 238 g/mol. The number of rotatable bonds is 3.